The molecule has 0 unspecified atom stereocenters. The lowest BCUT2D eigenvalue weighted by atomic mass is 10.2. The van der Waals surface area contributed by atoms with Crippen LogP contribution in [0, 0.1) is 0 Å². The maximum Gasteiger partial charge on any atom is 0.157 e. The van der Waals surface area contributed by atoms with Crippen LogP contribution in [0.1, 0.15) is 25.6 Å². The second kappa shape index (κ2) is 4.97. The summed E-state index contributed by atoms with van der Waals surface area (Å²) in [4.78, 5) is 4.16. The summed E-state index contributed by atoms with van der Waals surface area (Å²) < 4.78 is 7.01. The zero-order valence-electron chi connectivity index (χ0n) is 9.87. The molecule has 0 bridgehead atoms. The van der Waals surface area contributed by atoms with Crippen LogP contribution in [0.5, 0.6) is 5.75 Å². The Balaban J connectivity index is 2.21. The van der Waals surface area contributed by atoms with E-state index in [2.05, 4.69) is 10.1 Å². The lowest BCUT2D eigenvalue weighted by molar-refractivity contribution is 0.194. The largest absolute Gasteiger partial charge is 0.491 e. The van der Waals surface area contributed by atoms with E-state index in [0.29, 0.717) is 12.3 Å². The van der Waals surface area contributed by atoms with Crippen LogP contribution in [0.3, 0.4) is 0 Å². The van der Waals surface area contributed by atoms with Gasteiger partial charge in [-0.2, -0.15) is 5.10 Å². The van der Waals surface area contributed by atoms with E-state index < -0.39 is 6.10 Å². The minimum absolute atomic E-state index is 0.555. The molecule has 17 heavy (non-hydrogen) atoms. The monoisotopic (exact) mass is 233 g/mol. The van der Waals surface area contributed by atoms with Gasteiger partial charge in [0.2, 0.25) is 0 Å². The molecule has 0 aliphatic heterocycles. The molecular weight excluding hydrogens is 218 g/mol. The van der Waals surface area contributed by atoms with Gasteiger partial charge < -0.3 is 9.84 Å². The number of pyridine rings is 1. The number of aromatic nitrogens is 3. The first-order valence-corrected chi connectivity index (χ1v) is 5.52. The minimum atomic E-state index is -0.555. The number of aliphatic hydroxyl groups excluding tert-OH is 1. The summed E-state index contributed by atoms with van der Waals surface area (Å²) in [6.07, 6.45) is 4.57. The van der Waals surface area contributed by atoms with Crippen LogP contribution < -0.4 is 4.74 Å². The highest BCUT2D eigenvalue weighted by Gasteiger charge is 2.04. The lowest BCUT2D eigenvalue weighted by Crippen LogP contribution is -1.99. The summed E-state index contributed by atoms with van der Waals surface area (Å²) in [5.74, 6) is 0.729. The van der Waals surface area contributed by atoms with E-state index in [0.717, 1.165) is 11.4 Å². The molecule has 2 aromatic rings. The third-order valence-corrected chi connectivity index (χ3v) is 2.33. The fourth-order valence-electron chi connectivity index (χ4n) is 1.47. The molecule has 0 amide bonds. The highest BCUT2D eigenvalue weighted by Crippen LogP contribution is 2.15. The number of hydrogen-bond donors (Lipinski definition) is 1. The Morgan fingerprint density at radius 2 is 2.24 bits per heavy atom. The molecule has 5 heteroatoms. The normalized spacial score (nSPS) is 12.4. The molecule has 0 saturated heterocycles. The van der Waals surface area contributed by atoms with E-state index in [1.807, 2.05) is 13.0 Å². The summed E-state index contributed by atoms with van der Waals surface area (Å²) in [5, 5.41) is 13.5. The fraction of sp³-hybridized carbons (Fsp3) is 0.333. The lowest BCUT2D eigenvalue weighted by Gasteiger charge is -2.05. The molecule has 0 saturated carbocycles. The van der Waals surface area contributed by atoms with Gasteiger partial charge in [0, 0.05) is 0 Å². The van der Waals surface area contributed by atoms with Crippen LogP contribution >= 0.6 is 0 Å². The van der Waals surface area contributed by atoms with Crippen molar-refractivity contribution in [3.8, 4) is 11.4 Å². The molecule has 2 heterocycles. The van der Waals surface area contributed by atoms with Crippen LogP contribution in [0.2, 0.25) is 0 Å². The molecule has 0 spiro atoms. The average molecular weight is 233 g/mol. The van der Waals surface area contributed by atoms with Gasteiger partial charge in [0.05, 0.1) is 42.7 Å². The number of aliphatic hydroxyl groups is 1. The quantitative estimate of drug-likeness (QED) is 0.873. The van der Waals surface area contributed by atoms with Gasteiger partial charge in [-0.25, -0.2) is 4.68 Å². The predicted molar refractivity (Wildman–Crippen MR) is 63.2 cm³/mol. The van der Waals surface area contributed by atoms with Gasteiger partial charge in [-0.05, 0) is 26.0 Å². The van der Waals surface area contributed by atoms with Gasteiger partial charge >= 0.3 is 0 Å². The first kappa shape index (κ1) is 11.6. The van der Waals surface area contributed by atoms with Crippen molar-refractivity contribution >= 4 is 0 Å². The van der Waals surface area contributed by atoms with Gasteiger partial charge in [-0.1, -0.05) is 0 Å². The van der Waals surface area contributed by atoms with Crippen molar-refractivity contribution in [1.82, 2.24) is 14.8 Å². The Morgan fingerprint density at radius 3 is 2.82 bits per heavy atom. The summed E-state index contributed by atoms with van der Waals surface area (Å²) in [6.45, 7) is 4.23. The minimum Gasteiger partial charge on any atom is -0.491 e. The SMILES string of the molecule is CCOc1cnn(-c2ccc([C@@H](C)O)nc2)c1. The summed E-state index contributed by atoms with van der Waals surface area (Å²) in [7, 11) is 0. The van der Waals surface area contributed by atoms with Crippen LogP contribution in [-0.2, 0) is 0 Å². The molecule has 0 aliphatic carbocycles. The van der Waals surface area contributed by atoms with Crippen LogP contribution in [-0.4, -0.2) is 26.5 Å². The van der Waals surface area contributed by atoms with Gasteiger partial charge in [0.25, 0.3) is 0 Å². The van der Waals surface area contributed by atoms with E-state index >= 15 is 0 Å². The van der Waals surface area contributed by atoms with Crippen molar-refractivity contribution in [3.63, 3.8) is 0 Å². The smallest absolute Gasteiger partial charge is 0.157 e. The Bertz CT molecular complexity index is 477. The maximum absolute atomic E-state index is 9.35. The summed E-state index contributed by atoms with van der Waals surface area (Å²) in [5.41, 5.74) is 1.48. The molecule has 0 aromatic carbocycles. The molecule has 5 nitrogen and oxygen atoms in total. The topological polar surface area (TPSA) is 60.2 Å². The first-order chi connectivity index (χ1) is 8.20. The molecule has 90 valence electrons. The fourth-order valence-corrected chi connectivity index (χ4v) is 1.47. The second-order valence-electron chi connectivity index (χ2n) is 3.67. The average Bonchev–Trinajstić information content (AvgIpc) is 2.78. The number of nitrogens with zero attached hydrogens (tertiary/aromatic N) is 3. The Hall–Kier alpha value is -1.88. The zero-order valence-corrected chi connectivity index (χ0v) is 9.87. The van der Waals surface area contributed by atoms with Crippen molar-refractivity contribution in [2.45, 2.75) is 20.0 Å². The van der Waals surface area contributed by atoms with Crippen molar-refractivity contribution in [2.24, 2.45) is 0 Å². The van der Waals surface area contributed by atoms with E-state index in [4.69, 9.17) is 4.74 Å². The zero-order chi connectivity index (χ0) is 12.3. The van der Waals surface area contributed by atoms with Gasteiger partial charge in [-0.3, -0.25) is 4.98 Å². The number of rotatable bonds is 4. The van der Waals surface area contributed by atoms with E-state index in [1.165, 1.54) is 0 Å². The summed E-state index contributed by atoms with van der Waals surface area (Å²) in [6, 6.07) is 3.64. The molecule has 0 radical (unpaired) electrons. The molecule has 2 aromatic heterocycles. The molecule has 2 rings (SSSR count). The van der Waals surface area contributed by atoms with Crippen LogP contribution in [0.4, 0.5) is 0 Å². The van der Waals surface area contributed by atoms with Crippen LogP contribution in [0.15, 0.2) is 30.7 Å². The highest BCUT2D eigenvalue weighted by atomic mass is 16.5. The van der Waals surface area contributed by atoms with Crippen molar-refractivity contribution in [2.75, 3.05) is 6.61 Å². The van der Waals surface area contributed by atoms with Crippen molar-refractivity contribution in [1.29, 1.82) is 0 Å². The van der Waals surface area contributed by atoms with Crippen molar-refractivity contribution in [3.05, 3.63) is 36.4 Å². The Kier molecular flexibility index (Phi) is 3.39. The maximum atomic E-state index is 9.35. The molecule has 1 atom stereocenters. The molecule has 0 aliphatic rings. The Morgan fingerprint density at radius 1 is 1.41 bits per heavy atom. The van der Waals surface area contributed by atoms with E-state index in [-0.39, 0.29) is 0 Å². The van der Waals surface area contributed by atoms with Crippen molar-refractivity contribution < 1.29 is 9.84 Å². The standard InChI is InChI=1S/C12H15N3O2/c1-3-17-11-7-14-15(8-11)10-4-5-12(9(2)16)13-6-10/h4-9,16H,3H2,1-2H3/t9-/m1/s1. The number of ether oxygens (including phenoxy) is 1. The third-order valence-electron chi connectivity index (χ3n) is 2.33. The van der Waals surface area contributed by atoms with Gasteiger partial charge in [-0.15, -0.1) is 0 Å². The highest BCUT2D eigenvalue weighted by molar-refractivity contribution is 5.31. The molecule has 0 fully saturated rings. The van der Waals surface area contributed by atoms with E-state index in [1.54, 1.807) is 36.3 Å². The molecular formula is C12H15N3O2. The van der Waals surface area contributed by atoms with Crippen LogP contribution in [0.25, 0.3) is 5.69 Å². The summed E-state index contributed by atoms with van der Waals surface area (Å²) >= 11 is 0. The van der Waals surface area contributed by atoms with E-state index in [9.17, 15) is 5.11 Å². The van der Waals surface area contributed by atoms with Gasteiger partial charge in [0.15, 0.2) is 5.75 Å². The predicted octanol–water partition coefficient (Wildman–Crippen LogP) is 1.72. The van der Waals surface area contributed by atoms with Gasteiger partial charge in [0.1, 0.15) is 0 Å². The second-order valence-corrected chi connectivity index (χ2v) is 3.67. The third kappa shape index (κ3) is 2.62. The Labute approximate surface area is 99.7 Å². The number of hydrogen-bond acceptors (Lipinski definition) is 4. The first-order valence-electron chi connectivity index (χ1n) is 5.52. The molecule has 1 N–H and O–H groups in total.